The topological polar surface area (TPSA) is 41.4 Å². The summed E-state index contributed by atoms with van der Waals surface area (Å²) in [5, 5.41) is 3.03. The van der Waals surface area contributed by atoms with E-state index in [4.69, 9.17) is 0 Å². The van der Waals surface area contributed by atoms with Crippen LogP contribution in [0.2, 0.25) is 0 Å². The number of thioether (sulfide) groups is 1. The van der Waals surface area contributed by atoms with Gasteiger partial charge in [-0.25, -0.2) is 15.0 Å². The van der Waals surface area contributed by atoms with Crippen molar-refractivity contribution in [2.75, 3.05) is 0 Å². The molecule has 5 heteroatoms. The second kappa shape index (κ2) is 2.56. The quantitative estimate of drug-likeness (QED) is 0.621. The number of aromatic nitrogens is 2. The van der Waals surface area contributed by atoms with E-state index < -0.39 is 0 Å². The highest BCUT2D eigenvalue weighted by Crippen LogP contribution is 2.30. The van der Waals surface area contributed by atoms with Crippen LogP contribution >= 0.6 is 11.8 Å². The standard InChI is InChI=1S/C8H6N4S/c1-2-13-8-11-7-6(4-12(1)8)3-9-5-10-7/h1-3,5H,4H2. The van der Waals surface area contributed by atoms with Gasteiger partial charge in [0.1, 0.15) is 6.33 Å². The van der Waals surface area contributed by atoms with Crippen molar-refractivity contribution in [1.29, 1.82) is 0 Å². The molecule has 3 heterocycles. The lowest BCUT2D eigenvalue weighted by molar-refractivity contribution is 0.556. The fourth-order valence-electron chi connectivity index (χ4n) is 1.35. The largest absolute Gasteiger partial charge is 0.322 e. The first-order valence-corrected chi connectivity index (χ1v) is 4.79. The van der Waals surface area contributed by atoms with Gasteiger partial charge in [-0.2, -0.15) is 0 Å². The summed E-state index contributed by atoms with van der Waals surface area (Å²) in [5.74, 6) is 0.803. The molecule has 0 saturated heterocycles. The molecule has 0 N–H and O–H groups in total. The van der Waals surface area contributed by atoms with E-state index in [0.717, 1.165) is 23.1 Å². The molecule has 0 radical (unpaired) electrons. The highest BCUT2D eigenvalue weighted by atomic mass is 32.2. The van der Waals surface area contributed by atoms with Crippen LogP contribution in [0.3, 0.4) is 0 Å². The maximum atomic E-state index is 4.40. The first-order chi connectivity index (χ1) is 6.43. The molecule has 0 unspecified atom stereocenters. The molecule has 4 nitrogen and oxygen atoms in total. The predicted molar refractivity (Wildman–Crippen MR) is 51.4 cm³/mol. The lowest BCUT2D eigenvalue weighted by Crippen LogP contribution is -2.22. The second-order valence-corrected chi connectivity index (χ2v) is 3.67. The van der Waals surface area contributed by atoms with Crippen molar-refractivity contribution in [1.82, 2.24) is 14.9 Å². The van der Waals surface area contributed by atoms with Gasteiger partial charge in [0.2, 0.25) is 0 Å². The number of aliphatic imine (C=N–C) groups is 1. The number of fused-ring (bicyclic) bond motifs is 2. The average Bonchev–Trinajstić information content (AvgIpc) is 2.61. The molecule has 1 aromatic rings. The SMILES string of the molecule is C1=CN2Cc3cncnc3N=C2S1. The second-order valence-electron chi connectivity index (χ2n) is 2.80. The van der Waals surface area contributed by atoms with Gasteiger partial charge in [-0.3, -0.25) is 0 Å². The van der Waals surface area contributed by atoms with Crippen LogP contribution in [-0.2, 0) is 6.54 Å². The molecular weight excluding hydrogens is 184 g/mol. The third-order valence-electron chi connectivity index (χ3n) is 1.97. The molecule has 2 aliphatic heterocycles. The molecule has 0 bridgehead atoms. The van der Waals surface area contributed by atoms with Crippen molar-refractivity contribution in [3.63, 3.8) is 0 Å². The molecule has 64 valence electrons. The lowest BCUT2D eigenvalue weighted by Gasteiger charge is -2.20. The van der Waals surface area contributed by atoms with E-state index in [1.54, 1.807) is 11.8 Å². The van der Waals surface area contributed by atoms with E-state index in [0.29, 0.717) is 0 Å². The molecule has 0 fully saturated rings. The van der Waals surface area contributed by atoms with E-state index >= 15 is 0 Å². The fraction of sp³-hybridized carbons (Fsp3) is 0.125. The molecule has 13 heavy (non-hydrogen) atoms. The number of amidine groups is 1. The minimum atomic E-state index is 0.803. The zero-order valence-electron chi connectivity index (χ0n) is 6.71. The van der Waals surface area contributed by atoms with E-state index in [2.05, 4.69) is 19.9 Å². The van der Waals surface area contributed by atoms with E-state index in [1.807, 2.05) is 17.8 Å². The maximum absolute atomic E-state index is 4.40. The Hall–Kier alpha value is -1.36. The number of rotatable bonds is 0. The van der Waals surface area contributed by atoms with E-state index in [1.165, 1.54) is 6.33 Å². The van der Waals surface area contributed by atoms with Gasteiger partial charge in [-0.15, -0.1) is 0 Å². The lowest BCUT2D eigenvalue weighted by atomic mass is 10.3. The van der Waals surface area contributed by atoms with Crippen molar-refractivity contribution < 1.29 is 0 Å². The minimum absolute atomic E-state index is 0.803. The van der Waals surface area contributed by atoms with Crippen LogP contribution in [0.1, 0.15) is 5.56 Å². The Bertz CT molecular complexity index is 412. The zero-order valence-corrected chi connectivity index (χ0v) is 7.53. The summed E-state index contributed by atoms with van der Waals surface area (Å²) in [6, 6.07) is 0. The first kappa shape index (κ1) is 7.08. The van der Waals surface area contributed by atoms with Crippen LogP contribution in [0.25, 0.3) is 0 Å². The van der Waals surface area contributed by atoms with Crippen molar-refractivity contribution in [2.45, 2.75) is 6.54 Å². The summed E-state index contributed by atoms with van der Waals surface area (Å²) in [6.07, 6.45) is 5.38. The zero-order chi connectivity index (χ0) is 8.67. The summed E-state index contributed by atoms with van der Waals surface area (Å²) in [7, 11) is 0. The third kappa shape index (κ3) is 1.04. The smallest absolute Gasteiger partial charge is 0.174 e. The van der Waals surface area contributed by atoms with Gasteiger partial charge in [0.05, 0.1) is 6.54 Å². The Labute approximate surface area is 79.4 Å². The Morgan fingerprint density at radius 3 is 3.46 bits per heavy atom. The summed E-state index contributed by atoms with van der Waals surface area (Å²) >= 11 is 1.62. The van der Waals surface area contributed by atoms with Crippen LogP contribution in [0, 0.1) is 0 Å². The fourth-order valence-corrected chi connectivity index (χ4v) is 2.07. The molecule has 0 saturated carbocycles. The van der Waals surface area contributed by atoms with E-state index in [9.17, 15) is 0 Å². The van der Waals surface area contributed by atoms with Gasteiger partial charge in [-0.05, 0) is 5.41 Å². The van der Waals surface area contributed by atoms with Gasteiger partial charge in [-0.1, -0.05) is 11.8 Å². The Morgan fingerprint density at radius 2 is 2.46 bits per heavy atom. The Kier molecular flexibility index (Phi) is 1.40. The molecule has 0 spiro atoms. The molecule has 0 aromatic carbocycles. The summed E-state index contributed by atoms with van der Waals surface area (Å²) in [5.41, 5.74) is 1.08. The molecule has 2 aliphatic rings. The van der Waals surface area contributed by atoms with Crippen molar-refractivity contribution in [3.05, 3.63) is 29.7 Å². The van der Waals surface area contributed by atoms with E-state index in [-0.39, 0.29) is 0 Å². The van der Waals surface area contributed by atoms with Crippen LogP contribution in [0.5, 0.6) is 0 Å². The van der Waals surface area contributed by atoms with Crippen molar-refractivity contribution in [3.8, 4) is 0 Å². The molecule has 1 aromatic heterocycles. The normalized spacial score (nSPS) is 18.2. The Morgan fingerprint density at radius 1 is 1.46 bits per heavy atom. The maximum Gasteiger partial charge on any atom is 0.174 e. The summed E-state index contributed by atoms with van der Waals surface area (Å²) < 4.78 is 0. The average molecular weight is 190 g/mol. The van der Waals surface area contributed by atoms with Gasteiger partial charge >= 0.3 is 0 Å². The minimum Gasteiger partial charge on any atom is -0.322 e. The highest BCUT2D eigenvalue weighted by molar-refractivity contribution is 8.16. The Balaban J connectivity index is 2.13. The third-order valence-corrected chi connectivity index (χ3v) is 2.76. The van der Waals surface area contributed by atoms with Crippen LogP contribution in [-0.4, -0.2) is 20.0 Å². The number of nitrogens with zero attached hydrogens (tertiary/aromatic N) is 4. The molecule has 0 atom stereocenters. The molecule has 0 aliphatic carbocycles. The summed E-state index contributed by atoms with van der Waals surface area (Å²) in [6.45, 7) is 0.832. The number of hydrogen-bond acceptors (Lipinski definition) is 5. The number of hydrogen-bond donors (Lipinski definition) is 0. The molecular formula is C8H6N4S. The van der Waals surface area contributed by atoms with Gasteiger partial charge in [0.25, 0.3) is 0 Å². The van der Waals surface area contributed by atoms with Gasteiger partial charge in [0.15, 0.2) is 11.0 Å². The monoisotopic (exact) mass is 190 g/mol. The molecule has 3 rings (SSSR count). The predicted octanol–water partition coefficient (Wildman–Crippen LogP) is 1.50. The van der Waals surface area contributed by atoms with Crippen molar-refractivity contribution in [2.24, 2.45) is 4.99 Å². The highest BCUT2D eigenvalue weighted by Gasteiger charge is 2.21. The van der Waals surface area contributed by atoms with Gasteiger partial charge < -0.3 is 4.90 Å². The van der Waals surface area contributed by atoms with Crippen molar-refractivity contribution >= 4 is 22.7 Å². The van der Waals surface area contributed by atoms with Gasteiger partial charge in [0, 0.05) is 18.0 Å². The van der Waals surface area contributed by atoms with Crippen LogP contribution in [0.15, 0.2) is 29.1 Å². The molecule has 0 amide bonds. The first-order valence-electron chi connectivity index (χ1n) is 3.91. The van der Waals surface area contributed by atoms with Crippen LogP contribution < -0.4 is 0 Å². The summed E-state index contributed by atoms with van der Waals surface area (Å²) in [4.78, 5) is 14.6. The van der Waals surface area contributed by atoms with Crippen LogP contribution in [0.4, 0.5) is 5.82 Å².